The van der Waals surface area contributed by atoms with E-state index in [0.29, 0.717) is 5.56 Å². The smallest absolute Gasteiger partial charge is 0.155 e. The Labute approximate surface area is 90.2 Å². The fourth-order valence-electron chi connectivity index (χ4n) is 1.70. The number of hydrogen-bond donors (Lipinski definition) is 0. The highest BCUT2D eigenvalue weighted by molar-refractivity contribution is 5.84. The van der Waals surface area contributed by atoms with Gasteiger partial charge in [0.05, 0.1) is 11.3 Å². The summed E-state index contributed by atoms with van der Waals surface area (Å²) in [5.74, 6) is 0.866. The lowest BCUT2D eigenvalue weighted by atomic mass is 10.2. The third-order valence-corrected chi connectivity index (χ3v) is 2.39. The first-order valence-corrected chi connectivity index (χ1v) is 5.00. The summed E-state index contributed by atoms with van der Waals surface area (Å²) in [6.45, 7) is 9.13. The van der Waals surface area contributed by atoms with E-state index in [1.54, 1.807) is 4.68 Å². The summed E-state index contributed by atoms with van der Waals surface area (Å²) in [6.07, 6.45) is 2.68. The maximum Gasteiger partial charge on any atom is 0.155 e. The quantitative estimate of drug-likeness (QED) is 0.543. The van der Waals surface area contributed by atoms with Gasteiger partial charge in [-0.25, -0.2) is 0 Å². The Bertz CT molecular complexity index is 368. The summed E-state index contributed by atoms with van der Waals surface area (Å²) in [5, 5.41) is 4.24. The molecule has 4 nitrogen and oxygen atoms in total. The number of carbonyl (C=O) groups is 1. The van der Waals surface area contributed by atoms with E-state index in [-0.39, 0.29) is 0 Å². The van der Waals surface area contributed by atoms with Crippen LogP contribution in [0.2, 0.25) is 0 Å². The van der Waals surface area contributed by atoms with Crippen LogP contribution in [0.3, 0.4) is 0 Å². The van der Waals surface area contributed by atoms with Gasteiger partial charge in [-0.05, 0) is 13.8 Å². The van der Waals surface area contributed by atoms with E-state index in [9.17, 15) is 4.79 Å². The van der Waals surface area contributed by atoms with E-state index < -0.39 is 0 Å². The highest BCUT2D eigenvalue weighted by atomic mass is 16.1. The number of hydrogen-bond acceptors (Lipinski definition) is 3. The van der Waals surface area contributed by atoms with Gasteiger partial charge in [-0.15, -0.1) is 6.58 Å². The van der Waals surface area contributed by atoms with Gasteiger partial charge < -0.3 is 4.90 Å². The minimum absolute atomic E-state index is 0.668. The molecule has 15 heavy (non-hydrogen) atoms. The summed E-state index contributed by atoms with van der Waals surface area (Å²) >= 11 is 0. The van der Waals surface area contributed by atoms with Crippen LogP contribution in [-0.2, 0) is 7.05 Å². The molecule has 0 radical (unpaired) electrons. The Hall–Kier alpha value is -1.58. The molecule has 1 aromatic rings. The molecule has 0 unspecified atom stereocenters. The highest BCUT2D eigenvalue weighted by Crippen LogP contribution is 2.20. The van der Waals surface area contributed by atoms with Crippen molar-refractivity contribution in [2.45, 2.75) is 13.8 Å². The highest BCUT2D eigenvalue weighted by Gasteiger charge is 2.16. The van der Waals surface area contributed by atoms with Crippen LogP contribution in [-0.4, -0.2) is 29.2 Å². The molecule has 0 fully saturated rings. The van der Waals surface area contributed by atoms with Crippen LogP contribution in [0.15, 0.2) is 12.7 Å². The second kappa shape index (κ2) is 4.77. The molecule has 82 valence electrons. The molecule has 0 aliphatic rings. The van der Waals surface area contributed by atoms with Crippen molar-refractivity contribution in [3.05, 3.63) is 23.9 Å². The minimum atomic E-state index is 0.668. The minimum Gasteiger partial charge on any atom is -0.353 e. The molecule has 0 bridgehead atoms. The van der Waals surface area contributed by atoms with Gasteiger partial charge in [-0.3, -0.25) is 9.48 Å². The Balaban J connectivity index is 3.20. The fourth-order valence-corrected chi connectivity index (χ4v) is 1.70. The summed E-state index contributed by atoms with van der Waals surface area (Å²) in [6, 6.07) is 0. The molecule has 1 heterocycles. The normalized spacial score (nSPS) is 10.1. The van der Waals surface area contributed by atoms with Crippen LogP contribution >= 0.6 is 0 Å². The molecular formula is C11H17N3O. The molecule has 1 aromatic heterocycles. The van der Waals surface area contributed by atoms with E-state index in [0.717, 1.165) is 30.9 Å². The molecule has 0 N–H and O–H groups in total. The van der Waals surface area contributed by atoms with Crippen molar-refractivity contribution in [2.24, 2.45) is 7.05 Å². The molecule has 0 aromatic carbocycles. The Morgan fingerprint density at radius 1 is 1.60 bits per heavy atom. The van der Waals surface area contributed by atoms with Crippen molar-refractivity contribution in [3.8, 4) is 0 Å². The zero-order valence-electron chi connectivity index (χ0n) is 9.53. The van der Waals surface area contributed by atoms with E-state index >= 15 is 0 Å². The second-order valence-electron chi connectivity index (χ2n) is 3.39. The number of aldehydes is 1. The van der Waals surface area contributed by atoms with Gasteiger partial charge in [0.1, 0.15) is 5.82 Å². The van der Waals surface area contributed by atoms with Crippen molar-refractivity contribution in [1.29, 1.82) is 0 Å². The molecular weight excluding hydrogens is 190 g/mol. The number of anilines is 1. The van der Waals surface area contributed by atoms with Gasteiger partial charge >= 0.3 is 0 Å². The molecule has 1 rings (SSSR count). The van der Waals surface area contributed by atoms with Crippen molar-refractivity contribution in [2.75, 3.05) is 18.0 Å². The van der Waals surface area contributed by atoms with Gasteiger partial charge in [0, 0.05) is 20.1 Å². The van der Waals surface area contributed by atoms with Crippen LogP contribution in [0.25, 0.3) is 0 Å². The van der Waals surface area contributed by atoms with E-state index in [4.69, 9.17) is 0 Å². The zero-order chi connectivity index (χ0) is 11.4. The first-order valence-electron chi connectivity index (χ1n) is 5.00. The molecule has 0 aliphatic heterocycles. The van der Waals surface area contributed by atoms with Crippen molar-refractivity contribution >= 4 is 12.1 Å². The summed E-state index contributed by atoms with van der Waals surface area (Å²) < 4.78 is 1.74. The Morgan fingerprint density at radius 3 is 2.73 bits per heavy atom. The first-order chi connectivity index (χ1) is 7.15. The van der Waals surface area contributed by atoms with Gasteiger partial charge in [0.25, 0.3) is 0 Å². The predicted molar refractivity (Wildman–Crippen MR) is 61.4 cm³/mol. The average molecular weight is 207 g/mol. The van der Waals surface area contributed by atoms with E-state index in [1.165, 1.54) is 0 Å². The van der Waals surface area contributed by atoms with Gasteiger partial charge in [0.2, 0.25) is 0 Å². The summed E-state index contributed by atoms with van der Waals surface area (Å²) in [4.78, 5) is 13.0. The Kier molecular flexibility index (Phi) is 3.66. The van der Waals surface area contributed by atoms with Gasteiger partial charge in [-0.1, -0.05) is 6.08 Å². The maximum atomic E-state index is 11.0. The van der Waals surface area contributed by atoms with Crippen molar-refractivity contribution in [3.63, 3.8) is 0 Å². The predicted octanol–water partition coefficient (Wildman–Crippen LogP) is 1.55. The molecule has 0 atom stereocenters. The molecule has 0 saturated carbocycles. The fraction of sp³-hybridized carbons (Fsp3) is 0.455. The van der Waals surface area contributed by atoms with E-state index in [1.807, 2.05) is 27.0 Å². The monoisotopic (exact) mass is 207 g/mol. The number of aryl methyl sites for hydroxylation is 2. The van der Waals surface area contributed by atoms with Crippen LogP contribution in [0.4, 0.5) is 5.82 Å². The average Bonchev–Trinajstić information content (AvgIpc) is 2.49. The van der Waals surface area contributed by atoms with Crippen LogP contribution in [0, 0.1) is 6.92 Å². The van der Waals surface area contributed by atoms with E-state index in [2.05, 4.69) is 16.6 Å². The van der Waals surface area contributed by atoms with Crippen molar-refractivity contribution < 1.29 is 4.79 Å². The molecule has 0 amide bonds. The van der Waals surface area contributed by atoms with Crippen LogP contribution in [0.1, 0.15) is 23.0 Å². The molecule has 0 spiro atoms. The number of likely N-dealkylation sites (N-methyl/N-ethyl adjacent to an activating group) is 1. The first kappa shape index (κ1) is 11.5. The zero-order valence-corrected chi connectivity index (χ0v) is 9.53. The lowest BCUT2D eigenvalue weighted by Crippen LogP contribution is -2.25. The second-order valence-corrected chi connectivity index (χ2v) is 3.39. The van der Waals surface area contributed by atoms with Crippen molar-refractivity contribution in [1.82, 2.24) is 9.78 Å². The number of aromatic nitrogens is 2. The standard InChI is InChI=1S/C11H17N3O/c1-5-7-14(6-2)11-10(8-15)9(3)12-13(11)4/h5,8H,1,6-7H2,2-4H3. The van der Waals surface area contributed by atoms with Crippen LogP contribution in [0.5, 0.6) is 0 Å². The third kappa shape index (κ3) is 2.09. The van der Waals surface area contributed by atoms with Crippen LogP contribution < -0.4 is 4.90 Å². The van der Waals surface area contributed by atoms with Gasteiger partial charge in [-0.2, -0.15) is 5.10 Å². The number of carbonyl (C=O) groups excluding carboxylic acids is 1. The summed E-state index contributed by atoms with van der Waals surface area (Å²) in [5.41, 5.74) is 1.44. The number of rotatable bonds is 5. The SMILES string of the molecule is C=CCN(CC)c1c(C=O)c(C)nn1C. The topological polar surface area (TPSA) is 38.1 Å². The van der Waals surface area contributed by atoms with Gasteiger partial charge in [0.15, 0.2) is 6.29 Å². The molecule has 0 aliphatic carbocycles. The Morgan fingerprint density at radius 2 is 2.27 bits per heavy atom. The number of nitrogens with zero attached hydrogens (tertiary/aromatic N) is 3. The maximum absolute atomic E-state index is 11.0. The lowest BCUT2D eigenvalue weighted by molar-refractivity contribution is 0.112. The summed E-state index contributed by atoms with van der Waals surface area (Å²) in [7, 11) is 1.85. The third-order valence-electron chi connectivity index (χ3n) is 2.39. The lowest BCUT2D eigenvalue weighted by Gasteiger charge is -2.21. The largest absolute Gasteiger partial charge is 0.353 e. The molecule has 0 saturated heterocycles. The molecule has 4 heteroatoms.